The lowest BCUT2D eigenvalue weighted by molar-refractivity contribution is -0.116. The number of hydrogen-bond donors (Lipinski definition) is 0. The first kappa shape index (κ1) is 8.81. The minimum Gasteiger partial charge on any atom is -0.295 e. The molecule has 0 bridgehead atoms. The van der Waals surface area contributed by atoms with Crippen LogP contribution >= 0.6 is 0 Å². The number of carbonyl (C=O) groups is 2. The van der Waals surface area contributed by atoms with Gasteiger partial charge in [0, 0.05) is 17.6 Å². The van der Waals surface area contributed by atoms with E-state index >= 15 is 0 Å². The van der Waals surface area contributed by atoms with Crippen LogP contribution in [0.4, 0.5) is 0 Å². The van der Waals surface area contributed by atoms with Crippen LogP contribution in [0, 0.1) is 5.92 Å². The van der Waals surface area contributed by atoms with Crippen LogP contribution in [0.1, 0.15) is 6.92 Å². The second-order valence-electron chi connectivity index (χ2n) is 3.25. The van der Waals surface area contributed by atoms with Crippen molar-refractivity contribution in [3.63, 3.8) is 0 Å². The summed E-state index contributed by atoms with van der Waals surface area (Å²) in [4.78, 5) is 26.3. The van der Waals surface area contributed by atoms with Gasteiger partial charge in [-0.1, -0.05) is 18.2 Å². The third kappa shape index (κ3) is 1.37. The predicted octanol–water partition coefficient (Wildman–Crippen LogP) is 1.23. The quantitative estimate of drug-likeness (QED) is 0.619. The second kappa shape index (κ2) is 3.18. The van der Waals surface area contributed by atoms with Crippen LogP contribution in [0.15, 0.2) is 40.9 Å². The Morgan fingerprint density at radius 2 is 2.21 bits per heavy atom. The zero-order valence-electron chi connectivity index (χ0n) is 7.73. The molecule has 3 heteroatoms. The van der Waals surface area contributed by atoms with Gasteiger partial charge in [-0.25, -0.2) is 4.99 Å². The average Bonchev–Trinajstić information content (AvgIpc) is 2.16. The molecule has 0 saturated heterocycles. The fourth-order valence-corrected chi connectivity index (χ4v) is 1.60. The van der Waals surface area contributed by atoms with Crippen molar-refractivity contribution < 1.29 is 9.59 Å². The standard InChI is InChI=1S/C11H9NO2/c1-7(13)9-6-11(14)12-10-5-3-2-4-8(9)10/h2-6,8H,1H3. The van der Waals surface area contributed by atoms with Crippen molar-refractivity contribution in [2.45, 2.75) is 6.92 Å². The van der Waals surface area contributed by atoms with Crippen LogP contribution in [0.25, 0.3) is 0 Å². The summed E-state index contributed by atoms with van der Waals surface area (Å²) in [5.41, 5.74) is 1.19. The molecular formula is C11H9NO2. The SMILES string of the molecule is CC(=O)C1=CC(=O)N=C2C=CC=CC12. The first-order chi connectivity index (χ1) is 6.68. The van der Waals surface area contributed by atoms with E-state index in [4.69, 9.17) is 0 Å². The molecule has 1 unspecified atom stereocenters. The van der Waals surface area contributed by atoms with Crippen molar-refractivity contribution in [2.24, 2.45) is 10.9 Å². The van der Waals surface area contributed by atoms with Crippen LogP contribution in [-0.2, 0) is 9.59 Å². The molecule has 0 aromatic carbocycles. The average molecular weight is 187 g/mol. The fourth-order valence-electron chi connectivity index (χ4n) is 1.60. The molecule has 3 nitrogen and oxygen atoms in total. The van der Waals surface area contributed by atoms with E-state index in [0.29, 0.717) is 11.3 Å². The molecule has 70 valence electrons. The predicted molar refractivity (Wildman–Crippen MR) is 53.0 cm³/mol. The third-order valence-corrected chi connectivity index (χ3v) is 2.26. The van der Waals surface area contributed by atoms with Gasteiger partial charge in [0.15, 0.2) is 5.78 Å². The van der Waals surface area contributed by atoms with Crippen molar-refractivity contribution >= 4 is 17.4 Å². The highest BCUT2D eigenvalue weighted by Crippen LogP contribution is 2.23. The van der Waals surface area contributed by atoms with Gasteiger partial charge in [-0.3, -0.25) is 9.59 Å². The van der Waals surface area contributed by atoms with Gasteiger partial charge in [0.25, 0.3) is 5.91 Å². The van der Waals surface area contributed by atoms with Gasteiger partial charge < -0.3 is 0 Å². The summed E-state index contributed by atoms with van der Waals surface area (Å²) in [6.45, 7) is 1.47. The summed E-state index contributed by atoms with van der Waals surface area (Å²) in [6, 6.07) is 0. The molecule has 0 fully saturated rings. The smallest absolute Gasteiger partial charge is 0.270 e. The number of carbonyl (C=O) groups excluding carboxylic acids is 2. The minimum absolute atomic E-state index is 0.0734. The van der Waals surface area contributed by atoms with Crippen LogP contribution in [0.3, 0.4) is 0 Å². The minimum atomic E-state index is -0.346. The highest BCUT2D eigenvalue weighted by molar-refractivity contribution is 6.18. The Kier molecular flexibility index (Phi) is 2.00. The number of aliphatic imine (C=N–C) groups is 1. The third-order valence-electron chi connectivity index (χ3n) is 2.26. The van der Waals surface area contributed by atoms with E-state index in [-0.39, 0.29) is 17.6 Å². The van der Waals surface area contributed by atoms with Crippen molar-refractivity contribution in [2.75, 3.05) is 0 Å². The maximum absolute atomic E-state index is 11.3. The molecule has 1 atom stereocenters. The molecule has 2 aliphatic rings. The second-order valence-corrected chi connectivity index (χ2v) is 3.25. The van der Waals surface area contributed by atoms with Crippen molar-refractivity contribution in [3.8, 4) is 0 Å². The Labute approximate surface area is 81.5 Å². The largest absolute Gasteiger partial charge is 0.295 e. The molecule has 2 rings (SSSR count). The fraction of sp³-hybridized carbons (Fsp3) is 0.182. The Morgan fingerprint density at radius 1 is 1.43 bits per heavy atom. The molecule has 1 amide bonds. The van der Waals surface area contributed by atoms with E-state index in [0.717, 1.165) is 0 Å². The molecule has 0 N–H and O–H groups in total. The Balaban J connectivity index is 2.46. The molecule has 0 aromatic rings. The zero-order chi connectivity index (χ0) is 10.1. The summed E-state index contributed by atoms with van der Waals surface area (Å²) in [6.07, 6.45) is 8.62. The summed E-state index contributed by atoms with van der Waals surface area (Å²) in [7, 11) is 0. The summed E-state index contributed by atoms with van der Waals surface area (Å²) < 4.78 is 0. The number of rotatable bonds is 1. The van der Waals surface area contributed by atoms with Crippen LogP contribution in [0.2, 0.25) is 0 Å². The Hall–Kier alpha value is -1.77. The van der Waals surface area contributed by atoms with Gasteiger partial charge in [-0.05, 0) is 13.0 Å². The first-order valence-electron chi connectivity index (χ1n) is 4.38. The highest BCUT2D eigenvalue weighted by Gasteiger charge is 2.25. The van der Waals surface area contributed by atoms with Gasteiger partial charge in [0.1, 0.15) is 0 Å². The monoisotopic (exact) mass is 187 g/mol. The number of allylic oxidation sites excluding steroid dienone is 5. The lowest BCUT2D eigenvalue weighted by Crippen LogP contribution is -2.24. The van der Waals surface area contributed by atoms with E-state index < -0.39 is 0 Å². The van der Waals surface area contributed by atoms with Gasteiger partial charge in [-0.15, -0.1) is 0 Å². The number of Topliss-reactive ketones (excluding diaryl/α,β-unsaturated/α-hetero) is 1. The van der Waals surface area contributed by atoms with E-state index in [1.165, 1.54) is 13.0 Å². The molecular weight excluding hydrogens is 178 g/mol. The summed E-state index contributed by atoms with van der Waals surface area (Å²) in [5.74, 6) is -0.549. The van der Waals surface area contributed by atoms with Gasteiger partial charge in [0.05, 0.1) is 5.71 Å². The highest BCUT2D eigenvalue weighted by atomic mass is 16.1. The number of nitrogens with zero attached hydrogens (tertiary/aromatic N) is 1. The lowest BCUT2D eigenvalue weighted by Gasteiger charge is -2.19. The van der Waals surface area contributed by atoms with Crippen molar-refractivity contribution in [1.29, 1.82) is 0 Å². The molecule has 0 aromatic heterocycles. The lowest BCUT2D eigenvalue weighted by atomic mass is 9.86. The van der Waals surface area contributed by atoms with E-state index in [1.54, 1.807) is 6.08 Å². The zero-order valence-corrected chi connectivity index (χ0v) is 7.73. The molecule has 1 aliphatic carbocycles. The van der Waals surface area contributed by atoms with E-state index in [1.807, 2.05) is 18.2 Å². The number of amides is 1. The van der Waals surface area contributed by atoms with Crippen LogP contribution < -0.4 is 0 Å². The number of dihydropyridines is 1. The normalized spacial score (nSPS) is 24.1. The molecule has 0 saturated carbocycles. The molecule has 1 aliphatic heterocycles. The molecule has 0 spiro atoms. The van der Waals surface area contributed by atoms with Crippen LogP contribution in [0.5, 0.6) is 0 Å². The van der Waals surface area contributed by atoms with Gasteiger partial charge in [0.2, 0.25) is 0 Å². The number of fused-ring (bicyclic) bond motifs is 1. The maximum Gasteiger partial charge on any atom is 0.270 e. The van der Waals surface area contributed by atoms with Crippen molar-refractivity contribution in [1.82, 2.24) is 0 Å². The van der Waals surface area contributed by atoms with Crippen molar-refractivity contribution in [3.05, 3.63) is 36.0 Å². The molecule has 14 heavy (non-hydrogen) atoms. The summed E-state index contributed by atoms with van der Waals surface area (Å²) >= 11 is 0. The number of ketones is 1. The molecule has 0 radical (unpaired) electrons. The topological polar surface area (TPSA) is 46.5 Å². The maximum atomic E-state index is 11.3. The van der Waals surface area contributed by atoms with E-state index in [9.17, 15) is 9.59 Å². The van der Waals surface area contributed by atoms with Crippen LogP contribution in [-0.4, -0.2) is 17.4 Å². The summed E-state index contributed by atoms with van der Waals surface area (Å²) in [5, 5.41) is 0. The number of hydrogen-bond acceptors (Lipinski definition) is 2. The van der Waals surface area contributed by atoms with Gasteiger partial charge >= 0.3 is 0 Å². The first-order valence-corrected chi connectivity index (χ1v) is 4.38. The Bertz CT molecular complexity index is 425. The van der Waals surface area contributed by atoms with Gasteiger partial charge in [-0.2, -0.15) is 0 Å². The molecule has 1 heterocycles. The van der Waals surface area contributed by atoms with E-state index in [2.05, 4.69) is 4.99 Å². The Morgan fingerprint density at radius 3 is 2.93 bits per heavy atom.